The monoisotopic (exact) mass is 392 g/mol. The highest BCUT2D eigenvalue weighted by molar-refractivity contribution is 7.89. The van der Waals surface area contributed by atoms with Gasteiger partial charge in [0.15, 0.2) is 0 Å². The minimum atomic E-state index is -3.58. The van der Waals surface area contributed by atoms with Gasteiger partial charge in [-0.1, -0.05) is 48.0 Å². The molecule has 138 valence electrons. The summed E-state index contributed by atoms with van der Waals surface area (Å²) >= 11 is 5.90. The Hall–Kier alpha value is -1.89. The summed E-state index contributed by atoms with van der Waals surface area (Å²) in [5.74, 6) is 0.0636. The Morgan fingerprint density at radius 3 is 2.31 bits per heavy atom. The Bertz CT molecular complexity index is 863. The maximum absolute atomic E-state index is 12.7. The molecule has 0 unspecified atom stereocenters. The Balaban J connectivity index is 1.56. The first-order valence-corrected chi connectivity index (χ1v) is 10.4. The van der Waals surface area contributed by atoms with Gasteiger partial charge in [0.1, 0.15) is 0 Å². The molecule has 1 aliphatic rings. The minimum Gasteiger partial charge on any atom is -0.340 e. The van der Waals surface area contributed by atoms with Gasteiger partial charge in [-0.2, -0.15) is 4.31 Å². The molecule has 0 aliphatic carbocycles. The van der Waals surface area contributed by atoms with Crippen molar-refractivity contribution in [2.24, 2.45) is 0 Å². The molecule has 1 amide bonds. The van der Waals surface area contributed by atoms with Gasteiger partial charge >= 0.3 is 0 Å². The zero-order valence-corrected chi connectivity index (χ0v) is 15.9. The van der Waals surface area contributed by atoms with E-state index >= 15 is 0 Å². The van der Waals surface area contributed by atoms with Gasteiger partial charge in [0.2, 0.25) is 15.9 Å². The standard InChI is InChI=1S/C19H21ClN2O3S/c20-17-7-4-8-18(15-17)26(24,25)22-13-11-21(12-14-22)19(23)10-9-16-5-2-1-3-6-16/h1-8,15H,9-14H2. The molecule has 0 saturated carbocycles. The Morgan fingerprint density at radius 1 is 0.962 bits per heavy atom. The van der Waals surface area contributed by atoms with Crippen LogP contribution >= 0.6 is 11.6 Å². The number of hydrogen-bond donors (Lipinski definition) is 0. The molecule has 0 N–H and O–H groups in total. The van der Waals surface area contributed by atoms with Crippen LogP contribution in [0.4, 0.5) is 0 Å². The number of carbonyl (C=O) groups excluding carboxylic acids is 1. The fourth-order valence-electron chi connectivity index (χ4n) is 3.01. The normalized spacial score (nSPS) is 15.8. The van der Waals surface area contributed by atoms with E-state index in [1.165, 1.54) is 10.4 Å². The summed E-state index contributed by atoms with van der Waals surface area (Å²) in [7, 11) is -3.58. The zero-order valence-electron chi connectivity index (χ0n) is 14.3. The van der Waals surface area contributed by atoms with Gasteiger partial charge in [0, 0.05) is 37.6 Å². The van der Waals surface area contributed by atoms with Crippen LogP contribution in [0, 0.1) is 0 Å². The summed E-state index contributed by atoms with van der Waals surface area (Å²) < 4.78 is 26.8. The fraction of sp³-hybridized carbons (Fsp3) is 0.316. The summed E-state index contributed by atoms with van der Waals surface area (Å²) in [4.78, 5) is 14.3. The maximum Gasteiger partial charge on any atom is 0.243 e. The number of sulfonamides is 1. The zero-order chi connectivity index (χ0) is 18.6. The van der Waals surface area contributed by atoms with Crippen LogP contribution in [0.15, 0.2) is 59.5 Å². The van der Waals surface area contributed by atoms with E-state index in [0.29, 0.717) is 44.0 Å². The molecule has 1 saturated heterocycles. The van der Waals surface area contributed by atoms with Gasteiger partial charge in [-0.3, -0.25) is 4.79 Å². The van der Waals surface area contributed by atoms with Gasteiger partial charge in [-0.15, -0.1) is 0 Å². The number of carbonyl (C=O) groups is 1. The van der Waals surface area contributed by atoms with Crippen LogP contribution in [0.2, 0.25) is 5.02 Å². The van der Waals surface area contributed by atoms with E-state index in [-0.39, 0.29) is 10.8 Å². The first-order chi connectivity index (χ1) is 12.5. The summed E-state index contributed by atoms with van der Waals surface area (Å²) in [6, 6.07) is 16.1. The number of nitrogens with zero attached hydrogens (tertiary/aromatic N) is 2. The first kappa shape index (κ1) is 18.9. The maximum atomic E-state index is 12.7. The van der Waals surface area contributed by atoms with E-state index < -0.39 is 10.0 Å². The molecule has 0 spiro atoms. The number of halogens is 1. The number of piperazine rings is 1. The van der Waals surface area contributed by atoms with Crippen LogP contribution in [-0.2, 0) is 21.2 Å². The van der Waals surface area contributed by atoms with Crippen molar-refractivity contribution in [2.45, 2.75) is 17.7 Å². The van der Waals surface area contributed by atoms with Crippen LogP contribution < -0.4 is 0 Å². The van der Waals surface area contributed by atoms with Crippen molar-refractivity contribution >= 4 is 27.5 Å². The van der Waals surface area contributed by atoms with Crippen molar-refractivity contribution in [1.29, 1.82) is 0 Å². The summed E-state index contributed by atoms with van der Waals surface area (Å²) in [5, 5.41) is 0.390. The lowest BCUT2D eigenvalue weighted by Gasteiger charge is -2.34. The molecule has 1 aliphatic heterocycles. The lowest BCUT2D eigenvalue weighted by molar-refractivity contribution is -0.132. The summed E-state index contributed by atoms with van der Waals surface area (Å²) in [5.41, 5.74) is 1.13. The van der Waals surface area contributed by atoms with Crippen molar-refractivity contribution < 1.29 is 13.2 Å². The number of rotatable bonds is 5. The molecule has 3 rings (SSSR count). The number of aryl methyl sites for hydroxylation is 1. The molecule has 5 nitrogen and oxygen atoms in total. The van der Waals surface area contributed by atoms with E-state index in [1.807, 2.05) is 30.3 Å². The molecule has 1 heterocycles. The van der Waals surface area contributed by atoms with E-state index in [1.54, 1.807) is 23.1 Å². The van der Waals surface area contributed by atoms with E-state index in [2.05, 4.69) is 0 Å². The molecule has 0 radical (unpaired) electrons. The molecule has 2 aromatic carbocycles. The average Bonchev–Trinajstić information content (AvgIpc) is 2.67. The molecule has 1 fully saturated rings. The van der Waals surface area contributed by atoms with Gasteiger partial charge in [0.05, 0.1) is 4.90 Å². The molecular formula is C19H21ClN2O3S. The third kappa shape index (κ3) is 4.44. The second-order valence-electron chi connectivity index (χ2n) is 6.23. The van der Waals surface area contributed by atoms with Crippen molar-refractivity contribution in [2.75, 3.05) is 26.2 Å². The highest BCUT2D eigenvalue weighted by atomic mass is 35.5. The van der Waals surface area contributed by atoms with Crippen molar-refractivity contribution in [3.63, 3.8) is 0 Å². The highest BCUT2D eigenvalue weighted by Gasteiger charge is 2.30. The van der Waals surface area contributed by atoms with Crippen molar-refractivity contribution in [3.8, 4) is 0 Å². The molecule has 7 heteroatoms. The largest absolute Gasteiger partial charge is 0.340 e. The molecule has 0 atom stereocenters. The molecule has 2 aromatic rings. The average molecular weight is 393 g/mol. The van der Waals surface area contributed by atoms with Crippen LogP contribution in [-0.4, -0.2) is 49.7 Å². The predicted octanol–water partition coefficient (Wildman–Crippen LogP) is 2.81. The predicted molar refractivity (Wildman–Crippen MR) is 102 cm³/mol. The second kappa shape index (κ2) is 8.20. The van der Waals surface area contributed by atoms with Gasteiger partial charge in [0.25, 0.3) is 0 Å². The SMILES string of the molecule is O=C(CCc1ccccc1)N1CCN(S(=O)(=O)c2cccc(Cl)c2)CC1. The Kier molecular flexibility index (Phi) is 5.96. The van der Waals surface area contributed by atoms with Gasteiger partial charge in [-0.05, 0) is 30.2 Å². The molecule has 26 heavy (non-hydrogen) atoms. The van der Waals surface area contributed by atoms with E-state index in [0.717, 1.165) is 5.56 Å². The lowest BCUT2D eigenvalue weighted by Crippen LogP contribution is -2.50. The van der Waals surface area contributed by atoms with E-state index in [9.17, 15) is 13.2 Å². The van der Waals surface area contributed by atoms with Crippen LogP contribution in [0.1, 0.15) is 12.0 Å². The van der Waals surface area contributed by atoms with Crippen LogP contribution in [0.3, 0.4) is 0 Å². The summed E-state index contributed by atoms with van der Waals surface area (Å²) in [6.07, 6.45) is 1.13. The highest BCUT2D eigenvalue weighted by Crippen LogP contribution is 2.21. The van der Waals surface area contributed by atoms with Gasteiger partial charge in [-0.25, -0.2) is 8.42 Å². The Morgan fingerprint density at radius 2 is 1.65 bits per heavy atom. The van der Waals surface area contributed by atoms with Gasteiger partial charge < -0.3 is 4.90 Å². The minimum absolute atomic E-state index is 0.0636. The third-order valence-electron chi connectivity index (χ3n) is 4.50. The van der Waals surface area contributed by atoms with E-state index in [4.69, 9.17) is 11.6 Å². The second-order valence-corrected chi connectivity index (χ2v) is 8.60. The summed E-state index contributed by atoms with van der Waals surface area (Å²) in [6.45, 7) is 1.42. The fourth-order valence-corrected chi connectivity index (χ4v) is 4.73. The molecular weight excluding hydrogens is 372 g/mol. The van der Waals surface area contributed by atoms with Crippen molar-refractivity contribution in [1.82, 2.24) is 9.21 Å². The van der Waals surface area contributed by atoms with Crippen molar-refractivity contribution in [3.05, 3.63) is 65.2 Å². The lowest BCUT2D eigenvalue weighted by atomic mass is 10.1. The number of hydrogen-bond acceptors (Lipinski definition) is 3. The van der Waals surface area contributed by atoms with Crippen LogP contribution in [0.5, 0.6) is 0 Å². The topological polar surface area (TPSA) is 57.7 Å². The van der Waals surface area contributed by atoms with Crippen LogP contribution in [0.25, 0.3) is 0 Å². The number of benzene rings is 2. The quantitative estimate of drug-likeness (QED) is 0.786. The molecule has 0 bridgehead atoms. The number of amides is 1. The smallest absolute Gasteiger partial charge is 0.243 e. The third-order valence-corrected chi connectivity index (χ3v) is 6.63. The Labute approximate surface area is 159 Å². The first-order valence-electron chi connectivity index (χ1n) is 8.54. The molecule has 0 aromatic heterocycles.